The van der Waals surface area contributed by atoms with Gasteiger partial charge in [-0.05, 0) is 34.5 Å². The van der Waals surface area contributed by atoms with E-state index in [1.54, 1.807) is 6.21 Å². The summed E-state index contributed by atoms with van der Waals surface area (Å²) in [5.74, 6) is 1.11. The van der Waals surface area contributed by atoms with E-state index in [0.29, 0.717) is 18.2 Å². The molecule has 1 N–H and O–H groups in total. The Bertz CT molecular complexity index is 1200. The average molecular weight is 398 g/mol. The maximum atomic E-state index is 10.7. The van der Waals surface area contributed by atoms with Gasteiger partial charge in [-0.3, -0.25) is 15.5 Å². The summed E-state index contributed by atoms with van der Waals surface area (Å²) in [7, 11) is 0. The number of hydrogen-bond acceptors (Lipinski definition) is 6. The van der Waals surface area contributed by atoms with Crippen LogP contribution in [0.4, 0.5) is 11.5 Å². The monoisotopic (exact) mass is 398 g/mol. The molecule has 1 heterocycles. The van der Waals surface area contributed by atoms with Crippen molar-refractivity contribution in [1.82, 2.24) is 4.98 Å². The zero-order valence-corrected chi connectivity index (χ0v) is 15.9. The molecule has 0 fully saturated rings. The third-order valence-corrected chi connectivity index (χ3v) is 4.52. The molecule has 3 aromatic carbocycles. The number of benzene rings is 3. The Hall–Kier alpha value is -4.26. The van der Waals surface area contributed by atoms with Crippen LogP contribution in [0, 0.1) is 10.1 Å². The number of fused-ring (bicyclic) bond motifs is 1. The van der Waals surface area contributed by atoms with E-state index < -0.39 is 4.92 Å². The molecule has 7 heteroatoms. The van der Waals surface area contributed by atoms with E-state index in [1.165, 1.54) is 23.7 Å². The topological polar surface area (TPSA) is 89.7 Å². The number of para-hydroxylation sites is 1. The molecule has 1 aromatic heterocycles. The molecule has 0 spiro atoms. The predicted molar refractivity (Wildman–Crippen MR) is 117 cm³/mol. The van der Waals surface area contributed by atoms with Crippen LogP contribution in [0.5, 0.6) is 5.75 Å². The van der Waals surface area contributed by atoms with Crippen molar-refractivity contribution in [1.29, 1.82) is 0 Å². The van der Waals surface area contributed by atoms with Crippen molar-refractivity contribution in [3.8, 4) is 5.75 Å². The lowest BCUT2D eigenvalue weighted by atomic mass is 10.1. The summed E-state index contributed by atoms with van der Waals surface area (Å²) in [4.78, 5) is 14.2. The Morgan fingerprint density at radius 3 is 2.63 bits per heavy atom. The normalized spacial score (nSPS) is 10.9. The van der Waals surface area contributed by atoms with E-state index in [-0.39, 0.29) is 5.69 Å². The first-order valence-corrected chi connectivity index (χ1v) is 9.29. The minimum Gasteiger partial charge on any atom is -0.488 e. The van der Waals surface area contributed by atoms with Crippen LogP contribution in [0.3, 0.4) is 0 Å². The SMILES string of the molecule is O=[N+]([O-])c1ccc(N/N=C\c2ccccc2OCc2cccc3ccccc23)nc1. The fourth-order valence-electron chi connectivity index (χ4n) is 3.02. The van der Waals surface area contributed by atoms with Gasteiger partial charge in [0.05, 0.1) is 11.1 Å². The molecule has 0 aliphatic rings. The minimum absolute atomic E-state index is 0.0725. The lowest BCUT2D eigenvalue weighted by Gasteiger charge is -2.11. The van der Waals surface area contributed by atoms with Crippen molar-refractivity contribution in [3.63, 3.8) is 0 Å². The lowest BCUT2D eigenvalue weighted by Crippen LogP contribution is -2.00. The van der Waals surface area contributed by atoms with Gasteiger partial charge in [-0.15, -0.1) is 0 Å². The van der Waals surface area contributed by atoms with E-state index in [2.05, 4.69) is 39.8 Å². The Morgan fingerprint density at radius 2 is 1.80 bits per heavy atom. The molecule has 4 aromatic rings. The van der Waals surface area contributed by atoms with Gasteiger partial charge in [-0.2, -0.15) is 5.10 Å². The summed E-state index contributed by atoms with van der Waals surface area (Å²) in [6, 6.07) is 24.8. The van der Waals surface area contributed by atoms with Gasteiger partial charge in [-0.1, -0.05) is 54.6 Å². The molecule has 0 aliphatic carbocycles. The number of anilines is 1. The third-order valence-electron chi connectivity index (χ3n) is 4.52. The van der Waals surface area contributed by atoms with E-state index >= 15 is 0 Å². The maximum absolute atomic E-state index is 10.7. The second-order valence-corrected chi connectivity index (χ2v) is 6.49. The van der Waals surface area contributed by atoms with Crippen LogP contribution >= 0.6 is 0 Å². The highest BCUT2D eigenvalue weighted by atomic mass is 16.6. The Morgan fingerprint density at radius 1 is 1.00 bits per heavy atom. The van der Waals surface area contributed by atoms with E-state index in [9.17, 15) is 10.1 Å². The number of hydrogen-bond donors (Lipinski definition) is 1. The Balaban J connectivity index is 1.46. The van der Waals surface area contributed by atoms with Gasteiger partial charge in [0.25, 0.3) is 5.69 Å². The fourth-order valence-corrected chi connectivity index (χ4v) is 3.02. The summed E-state index contributed by atoms with van der Waals surface area (Å²) in [6.07, 6.45) is 2.81. The number of nitro groups is 1. The number of rotatable bonds is 7. The molecule has 0 amide bonds. The highest BCUT2D eigenvalue weighted by Crippen LogP contribution is 2.22. The first kappa shape index (κ1) is 19.1. The molecule has 4 rings (SSSR count). The van der Waals surface area contributed by atoms with Crippen LogP contribution in [0.25, 0.3) is 10.8 Å². The third kappa shape index (κ3) is 4.41. The van der Waals surface area contributed by atoms with Gasteiger partial charge >= 0.3 is 0 Å². The molecule has 30 heavy (non-hydrogen) atoms. The molecule has 0 saturated heterocycles. The summed E-state index contributed by atoms with van der Waals surface area (Å²) in [5, 5.41) is 17.2. The molecule has 0 radical (unpaired) electrons. The lowest BCUT2D eigenvalue weighted by molar-refractivity contribution is -0.385. The van der Waals surface area contributed by atoms with Crippen molar-refractivity contribution in [2.75, 3.05) is 5.43 Å². The van der Waals surface area contributed by atoms with Crippen LogP contribution in [0.2, 0.25) is 0 Å². The first-order chi connectivity index (χ1) is 14.7. The standard InChI is InChI=1S/C23H18N4O3/c28-27(29)20-12-13-23(24-15-20)26-25-14-18-7-2-4-11-22(18)30-16-19-9-5-8-17-6-1-3-10-21(17)19/h1-15H,16H2,(H,24,26)/b25-14-. The van der Waals surface area contributed by atoms with Gasteiger partial charge in [-0.25, -0.2) is 4.98 Å². The van der Waals surface area contributed by atoms with Crippen LogP contribution in [0.1, 0.15) is 11.1 Å². The number of nitrogens with zero attached hydrogens (tertiary/aromatic N) is 3. The molecular formula is C23H18N4O3. The van der Waals surface area contributed by atoms with Gasteiger partial charge in [0.2, 0.25) is 0 Å². The summed E-state index contributed by atoms with van der Waals surface area (Å²) >= 11 is 0. The van der Waals surface area contributed by atoms with Gasteiger partial charge < -0.3 is 4.74 Å². The van der Waals surface area contributed by atoms with Gasteiger partial charge in [0, 0.05) is 11.6 Å². The van der Waals surface area contributed by atoms with Crippen LogP contribution in [-0.4, -0.2) is 16.1 Å². The zero-order valence-electron chi connectivity index (χ0n) is 15.9. The second-order valence-electron chi connectivity index (χ2n) is 6.49. The number of aromatic nitrogens is 1. The fraction of sp³-hybridized carbons (Fsp3) is 0.0435. The van der Waals surface area contributed by atoms with Crippen molar-refractivity contribution in [2.45, 2.75) is 6.61 Å². The zero-order chi connectivity index (χ0) is 20.8. The van der Waals surface area contributed by atoms with Crippen molar-refractivity contribution in [2.24, 2.45) is 5.10 Å². The number of hydrazone groups is 1. The number of nitrogens with one attached hydrogen (secondary N) is 1. The molecule has 0 aliphatic heterocycles. The summed E-state index contributed by atoms with van der Waals surface area (Å²) in [5.41, 5.74) is 4.60. The molecule has 0 saturated carbocycles. The molecule has 0 bridgehead atoms. The largest absolute Gasteiger partial charge is 0.488 e. The molecule has 0 unspecified atom stereocenters. The number of pyridine rings is 1. The quantitative estimate of drug-likeness (QED) is 0.264. The van der Waals surface area contributed by atoms with E-state index in [4.69, 9.17) is 4.74 Å². The number of ether oxygens (including phenoxy) is 1. The minimum atomic E-state index is -0.496. The molecule has 7 nitrogen and oxygen atoms in total. The average Bonchev–Trinajstić information content (AvgIpc) is 2.79. The summed E-state index contributed by atoms with van der Waals surface area (Å²) in [6.45, 7) is 0.434. The van der Waals surface area contributed by atoms with Gasteiger partial charge in [0.1, 0.15) is 24.4 Å². The Labute approximate surface area is 172 Å². The van der Waals surface area contributed by atoms with Gasteiger partial charge in [0.15, 0.2) is 0 Å². The smallest absolute Gasteiger partial charge is 0.287 e. The second kappa shape index (κ2) is 8.83. The summed E-state index contributed by atoms with van der Waals surface area (Å²) < 4.78 is 6.07. The Kier molecular flexibility index (Phi) is 5.61. The van der Waals surface area contributed by atoms with Crippen molar-refractivity contribution in [3.05, 3.63) is 106 Å². The van der Waals surface area contributed by atoms with E-state index in [1.807, 2.05) is 42.5 Å². The maximum Gasteiger partial charge on any atom is 0.287 e. The van der Waals surface area contributed by atoms with Crippen molar-refractivity contribution < 1.29 is 9.66 Å². The van der Waals surface area contributed by atoms with Crippen LogP contribution < -0.4 is 10.2 Å². The van der Waals surface area contributed by atoms with Crippen LogP contribution in [0.15, 0.2) is 90.2 Å². The predicted octanol–water partition coefficient (Wildman–Crippen LogP) is 5.17. The molecular weight excluding hydrogens is 380 g/mol. The van der Waals surface area contributed by atoms with E-state index in [0.717, 1.165) is 16.5 Å². The highest BCUT2D eigenvalue weighted by Gasteiger charge is 2.06. The molecule has 148 valence electrons. The first-order valence-electron chi connectivity index (χ1n) is 9.29. The van der Waals surface area contributed by atoms with Crippen molar-refractivity contribution >= 4 is 28.5 Å². The van der Waals surface area contributed by atoms with Crippen LogP contribution in [-0.2, 0) is 6.61 Å². The highest BCUT2D eigenvalue weighted by molar-refractivity contribution is 5.86. The molecule has 0 atom stereocenters.